The van der Waals surface area contributed by atoms with Crippen LogP contribution in [0.4, 0.5) is 5.88 Å². The van der Waals surface area contributed by atoms with Crippen molar-refractivity contribution in [2.45, 2.75) is 103 Å². The summed E-state index contributed by atoms with van der Waals surface area (Å²) in [6.45, 7) is 3.34. The number of hydrogen-bond acceptors (Lipinski definition) is 5. The maximum Gasteiger partial charge on any atom is 0.374 e. The molecule has 1 aromatic rings. The monoisotopic (exact) mass is 409 g/mol. The fraction of sp³-hybridized carbons (Fsp3) is 0.792. The molecule has 1 heterocycles. The van der Waals surface area contributed by atoms with E-state index in [0.717, 1.165) is 13.0 Å². The van der Waals surface area contributed by atoms with E-state index in [1.807, 2.05) is 0 Å². The largest absolute Gasteiger partial charge is 0.460 e. The molecule has 0 aliphatic heterocycles. The number of furan rings is 1. The molecule has 0 radical (unpaired) electrons. The molecule has 0 bridgehead atoms. The summed E-state index contributed by atoms with van der Waals surface area (Å²) < 4.78 is 10.4. The minimum absolute atomic E-state index is 0.0113. The van der Waals surface area contributed by atoms with Crippen molar-refractivity contribution in [2.75, 3.05) is 25.1 Å². The Bertz CT molecular complexity index is 501. The Morgan fingerprint density at radius 3 is 1.97 bits per heavy atom. The van der Waals surface area contributed by atoms with Gasteiger partial charge in [-0.05, 0) is 12.5 Å². The van der Waals surface area contributed by atoms with E-state index in [1.165, 1.54) is 83.5 Å². The van der Waals surface area contributed by atoms with Crippen LogP contribution in [0.2, 0.25) is 0 Å². The number of aliphatic hydroxyl groups excluding tert-OH is 1. The topological polar surface area (TPSA) is 71.7 Å². The number of rotatable bonds is 20. The van der Waals surface area contributed by atoms with E-state index in [2.05, 4.69) is 12.2 Å². The van der Waals surface area contributed by atoms with Gasteiger partial charge in [0.15, 0.2) is 5.88 Å². The standard InChI is InChI=1S/C24H43NO4/c1-2-3-4-5-6-7-8-9-10-11-12-13-14-15-19-25-23-18-17-22(29-23)24(27)28-21-16-20-26/h17-18,25-26H,2-16,19-21H2,1H3. The maximum absolute atomic E-state index is 11.7. The summed E-state index contributed by atoms with van der Waals surface area (Å²) in [6, 6.07) is 3.38. The van der Waals surface area contributed by atoms with Gasteiger partial charge >= 0.3 is 5.97 Å². The lowest BCUT2D eigenvalue weighted by atomic mass is 10.0. The van der Waals surface area contributed by atoms with Gasteiger partial charge in [-0.25, -0.2) is 4.79 Å². The molecule has 0 saturated heterocycles. The molecule has 5 nitrogen and oxygen atoms in total. The van der Waals surface area contributed by atoms with E-state index in [4.69, 9.17) is 14.3 Å². The Labute approximate surface area is 177 Å². The molecule has 0 saturated carbocycles. The van der Waals surface area contributed by atoms with E-state index in [-0.39, 0.29) is 19.0 Å². The average Bonchev–Trinajstić information content (AvgIpc) is 3.20. The first-order valence-corrected chi connectivity index (χ1v) is 11.9. The Morgan fingerprint density at radius 1 is 0.862 bits per heavy atom. The minimum Gasteiger partial charge on any atom is -0.460 e. The highest BCUT2D eigenvalue weighted by Gasteiger charge is 2.12. The number of ether oxygens (including phenoxy) is 1. The van der Waals surface area contributed by atoms with Gasteiger partial charge < -0.3 is 19.6 Å². The molecule has 0 aliphatic rings. The second-order valence-electron chi connectivity index (χ2n) is 7.90. The molecular formula is C24H43NO4. The SMILES string of the molecule is CCCCCCCCCCCCCCCCNc1ccc(C(=O)OCCCO)o1. The van der Waals surface area contributed by atoms with E-state index >= 15 is 0 Å². The zero-order chi connectivity index (χ0) is 21.0. The maximum atomic E-state index is 11.7. The summed E-state index contributed by atoms with van der Waals surface area (Å²) in [5.74, 6) is 0.322. The van der Waals surface area contributed by atoms with E-state index in [0.29, 0.717) is 12.3 Å². The lowest BCUT2D eigenvalue weighted by Gasteiger charge is -2.04. The molecule has 0 aliphatic carbocycles. The fourth-order valence-electron chi connectivity index (χ4n) is 3.37. The van der Waals surface area contributed by atoms with Gasteiger partial charge in [0, 0.05) is 25.6 Å². The van der Waals surface area contributed by atoms with Crippen LogP contribution in [-0.4, -0.2) is 30.8 Å². The number of unbranched alkanes of at least 4 members (excludes halogenated alkanes) is 13. The normalized spacial score (nSPS) is 11.0. The summed E-state index contributed by atoms with van der Waals surface area (Å²) in [4.78, 5) is 11.7. The summed E-state index contributed by atoms with van der Waals surface area (Å²) >= 11 is 0. The van der Waals surface area contributed by atoms with Crippen molar-refractivity contribution in [3.63, 3.8) is 0 Å². The second-order valence-corrected chi connectivity index (χ2v) is 7.90. The molecule has 0 aromatic carbocycles. The predicted octanol–water partition coefficient (Wildman–Crippen LogP) is 6.71. The van der Waals surface area contributed by atoms with Gasteiger partial charge in [0.05, 0.1) is 6.61 Å². The third kappa shape index (κ3) is 14.2. The van der Waals surface area contributed by atoms with E-state index in [1.54, 1.807) is 12.1 Å². The smallest absolute Gasteiger partial charge is 0.374 e. The number of carbonyl (C=O) groups excluding carboxylic acids is 1. The van der Waals surface area contributed by atoms with Crippen LogP contribution in [0.15, 0.2) is 16.5 Å². The van der Waals surface area contributed by atoms with Crippen LogP contribution in [0.5, 0.6) is 0 Å². The van der Waals surface area contributed by atoms with Gasteiger partial charge in [0.25, 0.3) is 0 Å². The molecule has 0 spiro atoms. The second kappa shape index (κ2) is 18.5. The zero-order valence-electron chi connectivity index (χ0n) is 18.6. The van der Waals surface area contributed by atoms with Crippen LogP contribution in [0.1, 0.15) is 114 Å². The molecular weight excluding hydrogens is 366 g/mol. The fourth-order valence-corrected chi connectivity index (χ4v) is 3.37. The Morgan fingerprint density at radius 2 is 1.41 bits per heavy atom. The highest BCUT2D eigenvalue weighted by molar-refractivity contribution is 5.86. The van der Waals surface area contributed by atoms with Crippen molar-refractivity contribution >= 4 is 11.9 Å². The third-order valence-corrected chi connectivity index (χ3v) is 5.17. The average molecular weight is 410 g/mol. The summed E-state index contributed by atoms with van der Waals surface area (Å²) in [6.07, 6.45) is 19.4. The van der Waals surface area contributed by atoms with Crippen LogP contribution in [0.3, 0.4) is 0 Å². The lowest BCUT2D eigenvalue weighted by Crippen LogP contribution is -2.06. The lowest BCUT2D eigenvalue weighted by molar-refractivity contribution is 0.0447. The molecule has 2 N–H and O–H groups in total. The number of nitrogens with one attached hydrogen (secondary N) is 1. The molecule has 29 heavy (non-hydrogen) atoms. The van der Waals surface area contributed by atoms with Gasteiger partial charge in [-0.2, -0.15) is 0 Å². The zero-order valence-corrected chi connectivity index (χ0v) is 18.6. The number of aliphatic hydroxyl groups is 1. The predicted molar refractivity (Wildman–Crippen MR) is 119 cm³/mol. The molecule has 1 aromatic heterocycles. The highest BCUT2D eigenvalue weighted by atomic mass is 16.5. The Balaban J connectivity index is 1.88. The first-order valence-electron chi connectivity index (χ1n) is 11.9. The van der Waals surface area contributed by atoms with Crippen molar-refractivity contribution in [3.8, 4) is 0 Å². The minimum atomic E-state index is -0.483. The van der Waals surface area contributed by atoms with Gasteiger partial charge in [-0.3, -0.25) is 0 Å². The van der Waals surface area contributed by atoms with Crippen LogP contribution in [0.25, 0.3) is 0 Å². The van der Waals surface area contributed by atoms with E-state index < -0.39 is 5.97 Å². The van der Waals surface area contributed by atoms with Gasteiger partial charge in [0.1, 0.15) is 0 Å². The van der Waals surface area contributed by atoms with Crippen LogP contribution >= 0.6 is 0 Å². The molecule has 0 atom stereocenters. The highest BCUT2D eigenvalue weighted by Crippen LogP contribution is 2.16. The van der Waals surface area contributed by atoms with Crippen molar-refractivity contribution in [3.05, 3.63) is 17.9 Å². The molecule has 0 unspecified atom stereocenters. The van der Waals surface area contributed by atoms with Gasteiger partial charge in [-0.1, -0.05) is 90.4 Å². The first kappa shape index (κ1) is 25.5. The van der Waals surface area contributed by atoms with Crippen molar-refractivity contribution in [1.29, 1.82) is 0 Å². The summed E-state index contributed by atoms with van der Waals surface area (Å²) in [5, 5.41) is 11.9. The number of anilines is 1. The molecule has 0 amide bonds. The van der Waals surface area contributed by atoms with Crippen LogP contribution < -0.4 is 5.32 Å². The molecule has 1 rings (SSSR count). The summed E-state index contributed by atoms with van der Waals surface area (Å²) in [7, 11) is 0. The Kier molecular flexibility index (Phi) is 16.3. The van der Waals surface area contributed by atoms with Crippen molar-refractivity contribution < 1.29 is 19.1 Å². The van der Waals surface area contributed by atoms with Crippen LogP contribution in [0, 0.1) is 0 Å². The Hall–Kier alpha value is -1.49. The van der Waals surface area contributed by atoms with Gasteiger partial charge in [-0.15, -0.1) is 0 Å². The van der Waals surface area contributed by atoms with E-state index in [9.17, 15) is 4.79 Å². The van der Waals surface area contributed by atoms with Gasteiger partial charge in [0.2, 0.25) is 5.76 Å². The molecule has 168 valence electrons. The number of hydrogen-bond donors (Lipinski definition) is 2. The third-order valence-electron chi connectivity index (χ3n) is 5.17. The quantitative estimate of drug-likeness (QED) is 0.185. The number of esters is 1. The molecule has 5 heteroatoms. The van der Waals surface area contributed by atoms with Crippen LogP contribution in [-0.2, 0) is 4.74 Å². The first-order chi connectivity index (χ1) is 14.3. The number of carbonyl (C=O) groups is 1. The van der Waals surface area contributed by atoms with Crippen molar-refractivity contribution in [1.82, 2.24) is 0 Å². The summed E-state index contributed by atoms with van der Waals surface area (Å²) in [5.41, 5.74) is 0. The van der Waals surface area contributed by atoms with Crippen molar-refractivity contribution in [2.24, 2.45) is 0 Å². The molecule has 0 fully saturated rings.